The quantitative estimate of drug-likeness (QED) is 0.309. The van der Waals surface area contributed by atoms with Gasteiger partial charge in [0.05, 0.1) is 30.2 Å². The van der Waals surface area contributed by atoms with Crippen LogP contribution in [0.2, 0.25) is 0 Å². The minimum absolute atomic E-state index is 0.0122. The molecule has 4 N–H and O–H groups in total. The molecule has 1 aliphatic carbocycles. The van der Waals surface area contributed by atoms with Crippen LogP contribution in [0.4, 0.5) is 11.4 Å². The number of aryl methyl sites for hydroxylation is 1. The monoisotopic (exact) mass is 443 g/mol. The van der Waals surface area contributed by atoms with Gasteiger partial charge in [-0.2, -0.15) is 10.2 Å². The van der Waals surface area contributed by atoms with E-state index in [1.165, 1.54) is 19.3 Å². The van der Waals surface area contributed by atoms with Crippen molar-refractivity contribution >= 4 is 34.6 Å². The summed E-state index contributed by atoms with van der Waals surface area (Å²) in [5, 5.41) is 25.7. The normalized spacial score (nSPS) is 14.5. The zero-order valence-corrected chi connectivity index (χ0v) is 18.7. The van der Waals surface area contributed by atoms with E-state index in [1.54, 1.807) is 28.9 Å². The molecule has 1 saturated carbocycles. The molecular formula is C21H29N7O2S. The number of hydrogen-bond donors (Lipinski definition) is 4. The molecule has 1 fully saturated rings. The van der Waals surface area contributed by atoms with Crippen molar-refractivity contribution in [2.45, 2.75) is 58.5 Å². The molecule has 1 aromatic heterocycles. The fourth-order valence-corrected chi connectivity index (χ4v) is 3.80. The SMILES string of the molecule is Cc1nn(CCO)c(C)c1N=Nc1ccc(C(=O)NNC(=S)NC2CCCCC2)cc1. The van der Waals surface area contributed by atoms with Crippen LogP contribution in [0.3, 0.4) is 0 Å². The number of carbonyl (C=O) groups excluding carboxylic acids is 1. The van der Waals surface area contributed by atoms with Crippen LogP contribution < -0.4 is 16.2 Å². The van der Waals surface area contributed by atoms with Crippen LogP contribution in [-0.2, 0) is 6.54 Å². The Kier molecular flexibility index (Phi) is 8.07. The van der Waals surface area contributed by atoms with Gasteiger partial charge in [0.2, 0.25) is 0 Å². The minimum Gasteiger partial charge on any atom is -0.394 e. The van der Waals surface area contributed by atoms with Gasteiger partial charge >= 0.3 is 0 Å². The molecule has 166 valence electrons. The Bertz CT molecular complexity index is 934. The summed E-state index contributed by atoms with van der Waals surface area (Å²) < 4.78 is 1.71. The number of azo groups is 1. The number of thiocarbonyl (C=S) groups is 1. The first kappa shape index (κ1) is 22.8. The molecule has 9 nitrogen and oxygen atoms in total. The fraction of sp³-hybridized carbons (Fsp3) is 0.476. The van der Waals surface area contributed by atoms with Gasteiger partial charge in [-0.3, -0.25) is 20.3 Å². The van der Waals surface area contributed by atoms with Crippen LogP contribution in [0.15, 0.2) is 34.5 Å². The third-order valence-corrected chi connectivity index (χ3v) is 5.50. The molecule has 1 aliphatic rings. The first-order chi connectivity index (χ1) is 15.0. The van der Waals surface area contributed by atoms with Crippen molar-refractivity contribution in [3.8, 4) is 0 Å². The summed E-state index contributed by atoms with van der Waals surface area (Å²) in [5.41, 5.74) is 8.75. The number of aromatic nitrogens is 2. The summed E-state index contributed by atoms with van der Waals surface area (Å²) in [6.07, 6.45) is 5.90. The highest BCUT2D eigenvalue weighted by atomic mass is 32.1. The number of amides is 1. The molecular weight excluding hydrogens is 414 g/mol. The molecule has 0 aliphatic heterocycles. The van der Waals surface area contributed by atoms with E-state index in [4.69, 9.17) is 17.3 Å². The zero-order valence-electron chi connectivity index (χ0n) is 17.9. The zero-order chi connectivity index (χ0) is 22.2. The van der Waals surface area contributed by atoms with Crippen molar-refractivity contribution in [1.29, 1.82) is 0 Å². The Morgan fingerprint density at radius 3 is 2.55 bits per heavy atom. The third-order valence-electron chi connectivity index (χ3n) is 5.28. The highest BCUT2D eigenvalue weighted by molar-refractivity contribution is 7.80. The maximum absolute atomic E-state index is 12.3. The topological polar surface area (TPSA) is 116 Å². The lowest BCUT2D eigenvalue weighted by atomic mass is 9.96. The Balaban J connectivity index is 1.53. The molecule has 1 aromatic carbocycles. The maximum Gasteiger partial charge on any atom is 0.269 e. The van der Waals surface area contributed by atoms with Crippen molar-refractivity contribution in [2.75, 3.05) is 6.61 Å². The van der Waals surface area contributed by atoms with E-state index in [2.05, 4.69) is 31.5 Å². The number of nitrogens with one attached hydrogen (secondary N) is 3. The molecule has 0 saturated heterocycles. The lowest BCUT2D eigenvalue weighted by molar-refractivity contribution is 0.0943. The first-order valence-corrected chi connectivity index (χ1v) is 10.9. The highest BCUT2D eigenvalue weighted by Crippen LogP contribution is 2.25. The fourth-order valence-electron chi connectivity index (χ4n) is 3.59. The molecule has 0 atom stereocenters. The van der Waals surface area contributed by atoms with Crippen molar-refractivity contribution in [1.82, 2.24) is 25.9 Å². The first-order valence-electron chi connectivity index (χ1n) is 10.5. The minimum atomic E-state index is -0.284. The Morgan fingerprint density at radius 1 is 1.16 bits per heavy atom. The van der Waals surface area contributed by atoms with E-state index in [1.807, 2.05) is 13.8 Å². The number of aliphatic hydroxyl groups is 1. The summed E-state index contributed by atoms with van der Waals surface area (Å²) in [5.74, 6) is -0.284. The number of nitrogens with zero attached hydrogens (tertiary/aromatic N) is 4. The van der Waals surface area contributed by atoms with E-state index >= 15 is 0 Å². The molecule has 2 aromatic rings. The number of carbonyl (C=O) groups is 1. The second-order valence-electron chi connectivity index (χ2n) is 7.60. The standard InChI is InChI=1S/C21H29N7O2S/c1-14-19(15(2)28(27-14)12-13-29)24-23-18-10-8-16(9-11-18)20(30)25-26-21(31)22-17-6-4-3-5-7-17/h8-11,17,29H,3-7,12-13H2,1-2H3,(H,25,30)(H2,22,26,31). The van der Waals surface area contributed by atoms with Crippen molar-refractivity contribution in [3.05, 3.63) is 41.2 Å². The molecule has 31 heavy (non-hydrogen) atoms. The van der Waals surface area contributed by atoms with Crippen LogP contribution in [0.1, 0.15) is 53.8 Å². The van der Waals surface area contributed by atoms with Gasteiger partial charge in [0.1, 0.15) is 5.69 Å². The number of hydrogen-bond acceptors (Lipinski definition) is 6. The van der Waals surface area contributed by atoms with Crippen LogP contribution in [0.5, 0.6) is 0 Å². The average Bonchev–Trinajstić information content (AvgIpc) is 3.04. The molecule has 0 radical (unpaired) electrons. The van der Waals surface area contributed by atoms with E-state index in [9.17, 15) is 4.79 Å². The van der Waals surface area contributed by atoms with Gasteiger partial charge in [-0.25, -0.2) is 0 Å². The maximum atomic E-state index is 12.3. The number of aliphatic hydroxyl groups excluding tert-OH is 1. The lowest BCUT2D eigenvalue weighted by Gasteiger charge is -2.24. The average molecular weight is 444 g/mol. The highest BCUT2D eigenvalue weighted by Gasteiger charge is 2.14. The van der Waals surface area contributed by atoms with Gasteiger partial charge in [0.25, 0.3) is 5.91 Å². The van der Waals surface area contributed by atoms with Gasteiger partial charge < -0.3 is 10.4 Å². The summed E-state index contributed by atoms with van der Waals surface area (Å²) in [4.78, 5) is 12.3. The number of rotatable bonds is 6. The summed E-state index contributed by atoms with van der Waals surface area (Å²) >= 11 is 5.26. The molecule has 3 rings (SSSR count). The predicted octanol–water partition coefficient (Wildman–Crippen LogP) is 3.35. The Labute approximate surface area is 187 Å². The van der Waals surface area contributed by atoms with Crippen molar-refractivity contribution < 1.29 is 9.90 Å². The molecule has 0 unspecified atom stereocenters. The van der Waals surface area contributed by atoms with Gasteiger partial charge in [-0.15, -0.1) is 5.11 Å². The molecule has 0 bridgehead atoms. The van der Waals surface area contributed by atoms with Crippen LogP contribution >= 0.6 is 12.2 Å². The van der Waals surface area contributed by atoms with E-state index in [-0.39, 0.29) is 12.5 Å². The van der Waals surface area contributed by atoms with Crippen molar-refractivity contribution in [2.24, 2.45) is 10.2 Å². The number of hydrazine groups is 1. The summed E-state index contributed by atoms with van der Waals surface area (Å²) in [6, 6.07) is 7.17. The van der Waals surface area contributed by atoms with Crippen LogP contribution in [0.25, 0.3) is 0 Å². The van der Waals surface area contributed by atoms with Gasteiger partial charge in [0.15, 0.2) is 5.11 Å². The molecule has 0 spiro atoms. The smallest absolute Gasteiger partial charge is 0.269 e. The van der Waals surface area contributed by atoms with Crippen LogP contribution in [0, 0.1) is 13.8 Å². The molecule has 1 amide bonds. The Hall–Kier alpha value is -2.85. The second-order valence-corrected chi connectivity index (χ2v) is 8.01. The predicted molar refractivity (Wildman–Crippen MR) is 123 cm³/mol. The molecule has 1 heterocycles. The largest absolute Gasteiger partial charge is 0.394 e. The van der Waals surface area contributed by atoms with E-state index in [0.717, 1.165) is 24.2 Å². The van der Waals surface area contributed by atoms with Crippen molar-refractivity contribution in [3.63, 3.8) is 0 Å². The third kappa shape index (κ3) is 6.31. The van der Waals surface area contributed by atoms with E-state index in [0.29, 0.717) is 34.6 Å². The van der Waals surface area contributed by atoms with Gasteiger partial charge in [-0.1, -0.05) is 19.3 Å². The van der Waals surface area contributed by atoms with E-state index < -0.39 is 0 Å². The molecule has 10 heteroatoms. The number of benzene rings is 1. The Morgan fingerprint density at radius 2 is 1.87 bits per heavy atom. The summed E-state index contributed by atoms with van der Waals surface area (Å²) in [7, 11) is 0. The second kappa shape index (κ2) is 11.0. The van der Waals surface area contributed by atoms with Crippen LogP contribution in [-0.4, -0.2) is 38.6 Å². The van der Waals surface area contributed by atoms with Gasteiger partial charge in [-0.05, 0) is 63.2 Å². The van der Waals surface area contributed by atoms with Gasteiger partial charge in [0, 0.05) is 11.6 Å². The lowest BCUT2D eigenvalue weighted by Crippen LogP contribution is -2.50. The summed E-state index contributed by atoms with van der Waals surface area (Å²) in [6.45, 7) is 4.17.